The highest BCUT2D eigenvalue weighted by atomic mass is 35.5. The molecule has 0 radical (unpaired) electrons. The molecule has 122 valence electrons. The van der Waals surface area contributed by atoms with E-state index in [2.05, 4.69) is 12.2 Å². The summed E-state index contributed by atoms with van der Waals surface area (Å²) in [6, 6.07) is 4.57. The summed E-state index contributed by atoms with van der Waals surface area (Å²) >= 11 is 5.78. The van der Waals surface area contributed by atoms with Crippen LogP contribution in [-0.2, 0) is 4.79 Å². The van der Waals surface area contributed by atoms with E-state index in [1.165, 1.54) is 24.6 Å². The zero-order valence-electron chi connectivity index (χ0n) is 12.8. The number of hydrogen-bond donors (Lipinski definition) is 3. The lowest BCUT2D eigenvalue weighted by atomic mass is 9.86. The Labute approximate surface area is 140 Å². The highest BCUT2D eigenvalue weighted by Gasteiger charge is 2.24. The molecule has 2 rings (SSSR count). The van der Waals surface area contributed by atoms with Gasteiger partial charge in [0.2, 0.25) is 0 Å². The van der Waals surface area contributed by atoms with Crippen molar-refractivity contribution in [2.24, 2.45) is 5.92 Å². The topological polar surface area (TPSA) is 93.4 Å². The van der Waals surface area contributed by atoms with E-state index in [4.69, 9.17) is 11.6 Å². The number of hydrogen-bond acceptors (Lipinski definition) is 4. The maximum Gasteiger partial charge on any atom is 0.262 e. The van der Waals surface area contributed by atoms with Crippen LogP contribution in [0.5, 0.6) is 11.5 Å². The third-order valence-corrected chi connectivity index (χ3v) is 4.46. The minimum absolute atomic E-state index is 0.0464. The van der Waals surface area contributed by atoms with Gasteiger partial charge in [-0.25, -0.2) is 0 Å². The zero-order valence-corrected chi connectivity index (χ0v) is 13.6. The number of phenolic OH excluding ortho intramolecular Hbond substituents is 2. The maximum absolute atomic E-state index is 12.3. The average molecular weight is 335 g/mol. The molecule has 1 aliphatic rings. The Morgan fingerprint density at radius 2 is 2.09 bits per heavy atom. The fourth-order valence-corrected chi connectivity index (χ4v) is 3.00. The first-order chi connectivity index (χ1) is 10.9. The van der Waals surface area contributed by atoms with E-state index in [0.29, 0.717) is 11.5 Å². The van der Waals surface area contributed by atoms with Gasteiger partial charge in [-0.15, -0.1) is 0 Å². The molecule has 0 spiro atoms. The summed E-state index contributed by atoms with van der Waals surface area (Å²) in [4.78, 5) is 12.3. The molecule has 1 saturated carbocycles. The van der Waals surface area contributed by atoms with Gasteiger partial charge in [0.15, 0.2) is 11.5 Å². The molecule has 6 heteroatoms. The molecule has 5 nitrogen and oxygen atoms in total. The van der Waals surface area contributed by atoms with Crippen molar-refractivity contribution in [2.45, 2.75) is 38.6 Å². The molecule has 0 saturated heterocycles. The zero-order chi connectivity index (χ0) is 17.0. The fraction of sp³-hybridized carbons (Fsp3) is 0.412. The van der Waals surface area contributed by atoms with E-state index in [9.17, 15) is 20.3 Å². The van der Waals surface area contributed by atoms with Crippen LogP contribution in [0.25, 0.3) is 6.08 Å². The first-order valence-electron chi connectivity index (χ1n) is 7.56. The fourth-order valence-electron chi connectivity index (χ4n) is 2.78. The molecule has 1 fully saturated rings. The summed E-state index contributed by atoms with van der Waals surface area (Å²) < 4.78 is 0. The third-order valence-electron chi connectivity index (χ3n) is 4.17. The van der Waals surface area contributed by atoms with Gasteiger partial charge in [0.25, 0.3) is 5.91 Å². The van der Waals surface area contributed by atoms with Crippen LogP contribution in [0.4, 0.5) is 0 Å². The second kappa shape index (κ2) is 7.38. The number of halogens is 1. The lowest BCUT2D eigenvalue weighted by molar-refractivity contribution is -0.118. The number of nitriles is 1. The van der Waals surface area contributed by atoms with Crippen LogP contribution in [0.1, 0.15) is 38.2 Å². The Bertz CT molecular complexity index is 656. The molecule has 0 aliphatic heterocycles. The molecule has 23 heavy (non-hydrogen) atoms. The number of aromatic hydroxyl groups is 2. The minimum Gasteiger partial charge on any atom is -0.504 e. The summed E-state index contributed by atoms with van der Waals surface area (Å²) in [5.41, 5.74) is 0.303. The number of rotatable bonds is 3. The predicted molar refractivity (Wildman–Crippen MR) is 87.9 cm³/mol. The average Bonchev–Trinajstić information content (AvgIpc) is 2.52. The van der Waals surface area contributed by atoms with Crippen molar-refractivity contribution in [1.82, 2.24) is 5.32 Å². The van der Waals surface area contributed by atoms with Gasteiger partial charge in [-0.05, 0) is 42.5 Å². The number of benzene rings is 1. The lowest BCUT2D eigenvalue weighted by Crippen LogP contribution is -2.41. The molecule has 1 aliphatic carbocycles. The first-order valence-corrected chi connectivity index (χ1v) is 7.94. The van der Waals surface area contributed by atoms with E-state index in [1.807, 2.05) is 6.07 Å². The number of nitrogens with one attached hydrogen (secondary N) is 1. The van der Waals surface area contributed by atoms with E-state index >= 15 is 0 Å². The number of carbonyl (C=O) groups is 1. The van der Waals surface area contributed by atoms with Gasteiger partial charge in [0.1, 0.15) is 11.6 Å². The van der Waals surface area contributed by atoms with Crippen LogP contribution < -0.4 is 5.32 Å². The molecule has 0 bridgehead atoms. The molecule has 1 aromatic rings. The molecule has 1 aromatic carbocycles. The van der Waals surface area contributed by atoms with Gasteiger partial charge in [0.05, 0.1) is 5.02 Å². The van der Waals surface area contributed by atoms with Crippen molar-refractivity contribution in [2.75, 3.05) is 0 Å². The predicted octanol–water partition coefficient (Wildman–Crippen LogP) is 3.35. The second-order valence-electron chi connectivity index (χ2n) is 5.88. The molecule has 0 unspecified atom stereocenters. The smallest absolute Gasteiger partial charge is 0.262 e. The molecule has 1 amide bonds. The monoisotopic (exact) mass is 334 g/mol. The summed E-state index contributed by atoms with van der Waals surface area (Å²) in [6.45, 7) is 2.09. The minimum atomic E-state index is -0.435. The van der Waals surface area contributed by atoms with Crippen molar-refractivity contribution in [3.05, 3.63) is 28.3 Å². The Hall–Kier alpha value is -2.19. The normalized spacial score (nSPS) is 21.5. The molecule has 0 aromatic heterocycles. The molecular weight excluding hydrogens is 316 g/mol. The van der Waals surface area contributed by atoms with Gasteiger partial charge < -0.3 is 15.5 Å². The van der Waals surface area contributed by atoms with Gasteiger partial charge >= 0.3 is 0 Å². The molecular formula is C17H19ClN2O3. The number of phenols is 2. The highest BCUT2D eigenvalue weighted by molar-refractivity contribution is 6.32. The lowest BCUT2D eigenvalue weighted by Gasteiger charge is -2.29. The molecule has 3 N–H and O–H groups in total. The quantitative estimate of drug-likeness (QED) is 0.449. The van der Waals surface area contributed by atoms with Gasteiger partial charge in [-0.3, -0.25) is 4.79 Å². The van der Waals surface area contributed by atoms with Crippen molar-refractivity contribution in [3.63, 3.8) is 0 Å². The first kappa shape index (κ1) is 17.2. The third kappa shape index (κ3) is 4.17. The Morgan fingerprint density at radius 1 is 1.39 bits per heavy atom. The van der Waals surface area contributed by atoms with E-state index in [-0.39, 0.29) is 16.6 Å². The van der Waals surface area contributed by atoms with Crippen LogP contribution in [0.3, 0.4) is 0 Å². The molecule has 2 atom stereocenters. The van der Waals surface area contributed by atoms with Crippen LogP contribution in [-0.4, -0.2) is 22.2 Å². The van der Waals surface area contributed by atoms with Gasteiger partial charge in [0, 0.05) is 6.04 Å². The Morgan fingerprint density at radius 3 is 2.70 bits per heavy atom. The van der Waals surface area contributed by atoms with Crippen LogP contribution in [0.2, 0.25) is 5.02 Å². The van der Waals surface area contributed by atoms with Crippen molar-refractivity contribution in [1.29, 1.82) is 5.26 Å². The van der Waals surface area contributed by atoms with Crippen LogP contribution in [0, 0.1) is 17.2 Å². The number of nitrogens with zero attached hydrogens (tertiary/aromatic N) is 1. The summed E-state index contributed by atoms with van der Waals surface area (Å²) in [5, 5.41) is 31.1. The van der Waals surface area contributed by atoms with Crippen molar-refractivity contribution < 1.29 is 15.0 Å². The van der Waals surface area contributed by atoms with E-state index < -0.39 is 17.4 Å². The summed E-state index contributed by atoms with van der Waals surface area (Å²) in [6.07, 6.45) is 5.56. The Kier molecular flexibility index (Phi) is 5.51. The van der Waals surface area contributed by atoms with Gasteiger partial charge in [-0.1, -0.05) is 31.4 Å². The summed E-state index contributed by atoms with van der Waals surface area (Å²) in [7, 11) is 0. The standard InChI is InChI=1S/C17H19ClN2O3/c1-10-4-2-3-5-14(10)20-17(23)12(9-19)6-11-7-13(18)16(22)15(21)8-11/h6-8,10,14,21-22H,2-5H2,1H3,(H,20,23)/b12-6+/t10-,14+/m0/s1. The van der Waals surface area contributed by atoms with E-state index in [0.717, 1.165) is 19.3 Å². The second-order valence-corrected chi connectivity index (χ2v) is 6.29. The number of amides is 1. The van der Waals surface area contributed by atoms with Crippen molar-refractivity contribution >= 4 is 23.6 Å². The van der Waals surface area contributed by atoms with E-state index in [1.54, 1.807) is 0 Å². The maximum atomic E-state index is 12.3. The Balaban J connectivity index is 2.18. The highest BCUT2D eigenvalue weighted by Crippen LogP contribution is 2.34. The van der Waals surface area contributed by atoms with Crippen LogP contribution in [0.15, 0.2) is 17.7 Å². The summed E-state index contributed by atoms with van der Waals surface area (Å²) in [5.74, 6) is -0.875. The van der Waals surface area contributed by atoms with Gasteiger partial charge in [-0.2, -0.15) is 5.26 Å². The molecule has 0 heterocycles. The van der Waals surface area contributed by atoms with Crippen molar-refractivity contribution in [3.8, 4) is 17.6 Å². The largest absolute Gasteiger partial charge is 0.504 e. The number of carbonyl (C=O) groups excluding carboxylic acids is 1. The van der Waals surface area contributed by atoms with Crippen LogP contribution >= 0.6 is 11.6 Å². The SMILES string of the molecule is C[C@H]1CCCC[C@H]1NC(=O)/C(C#N)=C/c1cc(O)c(O)c(Cl)c1.